The SMILES string of the molecule is COc1cccc(-c2nc3c(Nc4ccc(-c5cnc(C)o5)c(F)c4)cccc3n2C)c1. The van der Waals surface area contributed by atoms with E-state index in [4.69, 9.17) is 14.1 Å². The lowest BCUT2D eigenvalue weighted by molar-refractivity contribution is 0.415. The molecule has 0 bridgehead atoms. The molecular weight excluding hydrogens is 407 g/mol. The average Bonchev–Trinajstić information content (AvgIpc) is 3.38. The third-order valence-corrected chi connectivity index (χ3v) is 5.37. The molecule has 0 aliphatic carbocycles. The Bertz CT molecular complexity index is 1440. The molecule has 160 valence electrons. The quantitative estimate of drug-likeness (QED) is 0.367. The van der Waals surface area contributed by atoms with Crippen LogP contribution in [0, 0.1) is 12.7 Å². The number of hydrogen-bond donors (Lipinski definition) is 1. The van der Waals surface area contributed by atoms with Gasteiger partial charge in [0.1, 0.15) is 22.9 Å². The summed E-state index contributed by atoms with van der Waals surface area (Å²) in [6.45, 7) is 1.73. The minimum absolute atomic E-state index is 0.368. The lowest BCUT2D eigenvalue weighted by Gasteiger charge is -2.09. The van der Waals surface area contributed by atoms with Crippen LogP contribution in [0.5, 0.6) is 5.75 Å². The highest BCUT2D eigenvalue weighted by atomic mass is 19.1. The summed E-state index contributed by atoms with van der Waals surface area (Å²) in [6.07, 6.45) is 1.52. The second-order valence-corrected chi connectivity index (χ2v) is 7.46. The number of rotatable bonds is 5. The van der Waals surface area contributed by atoms with Gasteiger partial charge in [0.05, 0.1) is 30.1 Å². The van der Waals surface area contributed by atoms with Gasteiger partial charge in [0.15, 0.2) is 11.7 Å². The van der Waals surface area contributed by atoms with Crippen molar-refractivity contribution in [2.45, 2.75) is 6.92 Å². The molecule has 1 N–H and O–H groups in total. The van der Waals surface area contributed by atoms with Gasteiger partial charge in [-0.3, -0.25) is 0 Å². The van der Waals surface area contributed by atoms with E-state index >= 15 is 0 Å². The lowest BCUT2D eigenvalue weighted by Crippen LogP contribution is -1.94. The van der Waals surface area contributed by atoms with Gasteiger partial charge in [0.25, 0.3) is 0 Å². The van der Waals surface area contributed by atoms with Crippen molar-refractivity contribution in [1.82, 2.24) is 14.5 Å². The van der Waals surface area contributed by atoms with E-state index in [9.17, 15) is 4.39 Å². The second-order valence-electron chi connectivity index (χ2n) is 7.46. The van der Waals surface area contributed by atoms with Crippen molar-refractivity contribution >= 4 is 22.4 Å². The minimum atomic E-state index is -0.392. The van der Waals surface area contributed by atoms with E-state index in [0.717, 1.165) is 33.9 Å². The number of anilines is 2. The number of oxazole rings is 1. The summed E-state index contributed by atoms with van der Waals surface area (Å²) in [4.78, 5) is 8.91. The van der Waals surface area contributed by atoms with Crippen molar-refractivity contribution in [3.63, 3.8) is 0 Å². The summed E-state index contributed by atoms with van der Waals surface area (Å²) in [5.41, 5.74) is 4.47. The maximum absolute atomic E-state index is 14.8. The van der Waals surface area contributed by atoms with Crippen LogP contribution < -0.4 is 10.1 Å². The number of hydrogen-bond acceptors (Lipinski definition) is 5. The van der Waals surface area contributed by atoms with Crippen LogP contribution in [0.4, 0.5) is 15.8 Å². The number of ether oxygens (including phenoxy) is 1. The van der Waals surface area contributed by atoms with Gasteiger partial charge >= 0.3 is 0 Å². The van der Waals surface area contributed by atoms with Gasteiger partial charge in [-0.15, -0.1) is 0 Å². The molecule has 32 heavy (non-hydrogen) atoms. The molecule has 2 heterocycles. The topological polar surface area (TPSA) is 65.1 Å². The number of nitrogens with one attached hydrogen (secondary N) is 1. The van der Waals surface area contributed by atoms with E-state index in [1.165, 1.54) is 12.3 Å². The monoisotopic (exact) mass is 428 g/mol. The van der Waals surface area contributed by atoms with Crippen LogP contribution in [-0.2, 0) is 7.05 Å². The molecule has 0 saturated carbocycles. The number of benzene rings is 3. The summed E-state index contributed by atoms with van der Waals surface area (Å²) in [7, 11) is 3.62. The minimum Gasteiger partial charge on any atom is -0.497 e. The molecule has 0 fully saturated rings. The highest BCUT2D eigenvalue weighted by Gasteiger charge is 2.15. The van der Waals surface area contributed by atoms with Crippen LogP contribution in [-0.4, -0.2) is 21.6 Å². The van der Waals surface area contributed by atoms with Gasteiger partial charge in [-0.2, -0.15) is 0 Å². The predicted octanol–water partition coefficient (Wildman–Crippen LogP) is 6.10. The zero-order valence-electron chi connectivity index (χ0n) is 17.9. The maximum atomic E-state index is 14.8. The van der Waals surface area contributed by atoms with Crippen molar-refractivity contribution in [2.24, 2.45) is 7.05 Å². The molecule has 7 heteroatoms. The van der Waals surface area contributed by atoms with Crippen LogP contribution in [0.3, 0.4) is 0 Å². The Morgan fingerprint density at radius 1 is 1.06 bits per heavy atom. The third-order valence-electron chi connectivity index (χ3n) is 5.37. The molecule has 0 aliphatic rings. The van der Waals surface area contributed by atoms with E-state index in [1.54, 1.807) is 26.2 Å². The zero-order valence-corrected chi connectivity index (χ0v) is 17.9. The normalized spacial score (nSPS) is 11.1. The van der Waals surface area contributed by atoms with Gasteiger partial charge in [-0.05, 0) is 42.5 Å². The molecule has 0 saturated heterocycles. The third kappa shape index (κ3) is 3.47. The molecule has 2 aromatic heterocycles. The van der Waals surface area contributed by atoms with Crippen molar-refractivity contribution in [2.75, 3.05) is 12.4 Å². The number of aryl methyl sites for hydroxylation is 2. The highest BCUT2D eigenvalue weighted by molar-refractivity contribution is 5.93. The van der Waals surface area contributed by atoms with Crippen LogP contribution in [0.25, 0.3) is 33.7 Å². The molecule has 0 aliphatic heterocycles. The van der Waals surface area contributed by atoms with Gasteiger partial charge < -0.3 is 19.0 Å². The molecule has 0 atom stereocenters. The number of aromatic nitrogens is 3. The fourth-order valence-electron chi connectivity index (χ4n) is 3.77. The largest absolute Gasteiger partial charge is 0.497 e. The Kier molecular flexibility index (Phi) is 4.86. The molecule has 6 nitrogen and oxygen atoms in total. The van der Waals surface area contributed by atoms with Crippen LogP contribution in [0.1, 0.15) is 5.89 Å². The Morgan fingerprint density at radius 2 is 1.91 bits per heavy atom. The Labute approximate surface area is 184 Å². The molecule has 3 aromatic carbocycles. The van der Waals surface area contributed by atoms with E-state index in [1.807, 2.05) is 54.1 Å². The summed E-state index contributed by atoms with van der Waals surface area (Å²) in [5, 5.41) is 3.30. The van der Waals surface area contributed by atoms with E-state index in [-0.39, 0.29) is 0 Å². The standard InChI is InChI=1S/C25H21FN4O2/c1-15-27-14-23(32-15)19-11-10-17(13-20(19)26)28-21-8-5-9-22-24(21)29-25(30(22)2)16-6-4-7-18(12-16)31-3/h4-14,28H,1-3H3. The molecule has 0 unspecified atom stereocenters. The maximum Gasteiger partial charge on any atom is 0.191 e. The van der Waals surface area contributed by atoms with E-state index < -0.39 is 5.82 Å². The first-order chi connectivity index (χ1) is 15.5. The van der Waals surface area contributed by atoms with Crippen LogP contribution >= 0.6 is 0 Å². The Morgan fingerprint density at radius 3 is 2.66 bits per heavy atom. The molecule has 5 aromatic rings. The summed E-state index contributed by atoms with van der Waals surface area (Å²) in [6, 6.07) is 18.6. The van der Waals surface area contributed by atoms with Crippen molar-refractivity contribution in [3.8, 4) is 28.5 Å². The first-order valence-electron chi connectivity index (χ1n) is 10.1. The molecular formula is C25H21FN4O2. The number of methoxy groups -OCH3 is 1. The number of fused-ring (bicyclic) bond motifs is 1. The van der Waals surface area contributed by atoms with E-state index in [2.05, 4.69) is 10.3 Å². The Hall–Kier alpha value is -4.13. The smallest absolute Gasteiger partial charge is 0.191 e. The number of halogens is 1. The fraction of sp³-hybridized carbons (Fsp3) is 0.120. The zero-order chi connectivity index (χ0) is 22.2. The predicted molar refractivity (Wildman–Crippen MR) is 123 cm³/mol. The van der Waals surface area contributed by atoms with Crippen molar-refractivity contribution in [3.05, 3.63) is 78.6 Å². The highest BCUT2D eigenvalue weighted by Crippen LogP contribution is 2.32. The molecule has 0 spiro atoms. The Balaban J connectivity index is 1.52. The van der Waals surface area contributed by atoms with Crippen LogP contribution in [0.15, 0.2) is 71.3 Å². The van der Waals surface area contributed by atoms with Gasteiger partial charge in [0, 0.05) is 25.2 Å². The van der Waals surface area contributed by atoms with E-state index in [0.29, 0.717) is 22.9 Å². The molecule has 5 rings (SSSR count). The summed E-state index contributed by atoms with van der Waals surface area (Å²) in [5.74, 6) is 2.09. The number of imidazole rings is 1. The number of para-hydroxylation sites is 1. The van der Waals surface area contributed by atoms with Crippen molar-refractivity contribution < 1.29 is 13.5 Å². The van der Waals surface area contributed by atoms with Crippen LogP contribution in [0.2, 0.25) is 0 Å². The summed E-state index contributed by atoms with van der Waals surface area (Å²) >= 11 is 0. The van der Waals surface area contributed by atoms with Crippen molar-refractivity contribution in [1.29, 1.82) is 0 Å². The first-order valence-corrected chi connectivity index (χ1v) is 10.1. The fourth-order valence-corrected chi connectivity index (χ4v) is 3.77. The molecule has 0 amide bonds. The summed E-state index contributed by atoms with van der Waals surface area (Å²) < 4.78 is 27.6. The van der Waals surface area contributed by atoms with Gasteiger partial charge in [-0.25, -0.2) is 14.4 Å². The second kappa shape index (κ2) is 7.85. The van der Waals surface area contributed by atoms with Gasteiger partial charge in [0.2, 0.25) is 0 Å². The average molecular weight is 428 g/mol. The molecule has 0 radical (unpaired) electrons. The number of nitrogens with zero attached hydrogens (tertiary/aromatic N) is 3. The first kappa shape index (κ1) is 19.8. The lowest BCUT2D eigenvalue weighted by atomic mass is 10.1. The van der Waals surface area contributed by atoms with Gasteiger partial charge in [-0.1, -0.05) is 18.2 Å².